The molecule has 14 rings (SSSR count). The normalized spacial score (nSPS) is 17.8. The van der Waals surface area contributed by atoms with E-state index in [9.17, 15) is 0 Å². The van der Waals surface area contributed by atoms with Gasteiger partial charge in [0.15, 0.2) is 0 Å². The second kappa shape index (κ2) is 16.0. The van der Waals surface area contributed by atoms with Gasteiger partial charge in [-0.1, -0.05) is 204 Å². The van der Waals surface area contributed by atoms with Crippen LogP contribution in [0.2, 0.25) is 0 Å². The molecule has 0 saturated carbocycles. The Balaban J connectivity index is 0.976. The average molecular weight is 929 g/mol. The number of aryl methyl sites for hydroxylation is 1. The Morgan fingerprint density at radius 2 is 1.11 bits per heavy atom. The number of nitrogens with one attached hydrogen (secondary N) is 1. The van der Waals surface area contributed by atoms with Gasteiger partial charge in [-0.3, -0.25) is 4.99 Å². The number of aliphatic imine (C=N–C) groups is 1. The van der Waals surface area contributed by atoms with Gasteiger partial charge in [0.25, 0.3) is 0 Å². The van der Waals surface area contributed by atoms with Crippen molar-refractivity contribution in [2.75, 3.05) is 0 Å². The number of furan rings is 1. The molecule has 0 spiro atoms. The summed E-state index contributed by atoms with van der Waals surface area (Å²) in [6.07, 6.45) is 2.93. The van der Waals surface area contributed by atoms with Crippen LogP contribution < -0.4 is 5.32 Å². The van der Waals surface area contributed by atoms with Gasteiger partial charge in [0.05, 0.1) is 0 Å². The molecule has 0 amide bonds. The van der Waals surface area contributed by atoms with Crippen LogP contribution in [0.4, 0.5) is 0 Å². The predicted octanol–water partition coefficient (Wildman–Crippen LogP) is 17.5. The number of amidine groups is 1. The maximum atomic E-state index is 6.85. The molecule has 0 saturated heterocycles. The molecule has 72 heavy (non-hydrogen) atoms. The van der Waals surface area contributed by atoms with Crippen LogP contribution in [0, 0.1) is 0 Å². The molecule has 3 aliphatic carbocycles. The number of hydrogen-bond donors (Lipinski definition) is 1. The van der Waals surface area contributed by atoms with E-state index in [4.69, 9.17) is 9.41 Å². The highest BCUT2D eigenvalue weighted by molar-refractivity contribution is 6.12. The van der Waals surface area contributed by atoms with Crippen molar-refractivity contribution in [2.45, 2.75) is 76.7 Å². The second-order valence-electron chi connectivity index (χ2n) is 21.6. The third-order valence-corrected chi connectivity index (χ3v) is 17.0. The van der Waals surface area contributed by atoms with Gasteiger partial charge in [-0.2, -0.15) is 0 Å². The zero-order chi connectivity index (χ0) is 48.5. The summed E-state index contributed by atoms with van der Waals surface area (Å²) < 4.78 is 6.85. The van der Waals surface area contributed by atoms with Crippen LogP contribution in [0.5, 0.6) is 0 Å². The molecule has 2 unspecified atom stereocenters. The summed E-state index contributed by atoms with van der Waals surface area (Å²) in [6, 6.07) is 72.0. The molecule has 1 aromatic heterocycles. The van der Waals surface area contributed by atoms with Crippen molar-refractivity contribution >= 4 is 33.5 Å². The van der Waals surface area contributed by atoms with Gasteiger partial charge in [0.2, 0.25) is 0 Å². The number of nitrogens with zero attached hydrogens (tertiary/aromatic N) is 1. The van der Waals surface area contributed by atoms with E-state index in [1.807, 2.05) is 0 Å². The van der Waals surface area contributed by atoms with Gasteiger partial charge in [-0.05, 0) is 138 Å². The topological polar surface area (TPSA) is 37.5 Å². The summed E-state index contributed by atoms with van der Waals surface area (Å²) in [4.78, 5) is 5.96. The summed E-state index contributed by atoms with van der Waals surface area (Å²) in [5.41, 5.74) is 27.1. The third-order valence-electron chi connectivity index (χ3n) is 17.0. The highest BCUT2D eigenvalue weighted by atomic mass is 16.3. The highest BCUT2D eigenvalue weighted by Gasteiger charge is 2.42. The van der Waals surface area contributed by atoms with Gasteiger partial charge in [-0.15, -0.1) is 0 Å². The monoisotopic (exact) mass is 928 g/mol. The fourth-order valence-corrected chi connectivity index (χ4v) is 13.7. The van der Waals surface area contributed by atoms with E-state index in [1.54, 1.807) is 0 Å². The van der Waals surface area contributed by atoms with Crippen molar-refractivity contribution in [1.29, 1.82) is 0 Å². The maximum Gasteiger partial charge on any atom is 0.135 e. The van der Waals surface area contributed by atoms with E-state index in [-0.39, 0.29) is 16.9 Å². The van der Waals surface area contributed by atoms with Crippen LogP contribution in [-0.4, -0.2) is 5.84 Å². The number of benzene rings is 9. The lowest BCUT2D eigenvalue weighted by molar-refractivity contribution is 0.655. The third kappa shape index (κ3) is 6.26. The minimum atomic E-state index is -0.293. The smallest absolute Gasteiger partial charge is 0.135 e. The summed E-state index contributed by atoms with van der Waals surface area (Å²) in [5.74, 6) is 1.23. The molecule has 10 aromatic rings. The van der Waals surface area contributed by atoms with Gasteiger partial charge in [0.1, 0.15) is 23.0 Å². The molecule has 4 aliphatic rings. The van der Waals surface area contributed by atoms with Crippen molar-refractivity contribution < 1.29 is 4.42 Å². The molecule has 1 aliphatic heterocycles. The van der Waals surface area contributed by atoms with Crippen molar-refractivity contribution in [3.05, 3.63) is 255 Å². The molecule has 3 nitrogen and oxygen atoms in total. The van der Waals surface area contributed by atoms with Crippen molar-refractivity contribution in [2.24, 2.45) is 4.99 Å². The van der Waals surface area contributed by atoms with Gasteiger partial charge in [-0.25, -0.2) is 0 Å². The van der Waals surface area contributed by atoms with E-state index in [0.29, 0.717) is 5.92 Å². The van der Waals surface area contributed by atoms with E-state index >= 15 is 0 Å². The summed E-state index contributed by atoms with van der Waals surface area (Å²) in [5, 5.41) is 6.37. The minimum Gasteiger partial charge on any atom is -0.456 e. The Kier molecular flexibility index (Phi) is 9.52. The van der Waals surface area contributed by atoms with Crippen molar-refractivity contribution in [3.8, 4) is 44.5 Å². The quantitative estimate of drug-likeness (QED) is 0.180. The molecular formula is C69H56N2O. The van der Waals surface area contributed by atoms with Crippen LogP contribution in [-0.2, 0) is 17.3 Å². The van der Waals surface area contributed by atoms with E-state index in [1.165, 1.54) is 94.6 Å². The lowest BCUT2D eigenvalue weighted by Gasteiger charge is -2.33. The molecule has 348 valence electrons. The zero-order valence-corrected chi connectivity index (χ0v) is 41.6. The number of hydrogen-bond acceptors (Lipinski definition) is 3. The second-order valence-corrected chi connectivity index (χ2v) is 21.6. The lowest BCUT2D eigenvalue weighted by Crippen LogP contribution is -2.33. The van der Waals surface area contributed by atoms with Crippen molar-refractivity contribution in [3.63, 3.8) is 0 Å². The molecule has 0 fully saturated rings. The van der Waals surface area contributed by atoms with E-state index in [0.717, 1.165) is 63.9 Å². The first-order chi connectivity index (χ1) is 35.2. The first kappa shape index (κ1) is 42.8. The fraction of sp³-hybridized carbons (Fsp3) is 0.174. The summed E-state index contributed by atoms with van der Waals surface area (Å²) in [7, 11) is 0. The van der Waals surface area contributed by atoms with Gasteiger partial charge < -0.3 is 9.73 Å². The predicted molar refractivity (Wildman–Crippen MR) is 299 cm³/mol. The van der Waals surface area contributed by atoms with Crippen LogP contribution in [0.1, 0.15) is 115 Å². The van der Waals surface area contributed by atoms with Gasteiger partial charge in [0, 0.05) is 44.3 Å². The summed E-state index contributed by atoms with van der Waals surface area (Å²) >= 11 is 0. The number of rotatable bonds is 6. The highest BCUT2D eigenvalue weighted by Crippen LogP contribution is 2.54. The molecule has 0 bridgehead atoms. The first-order valence-electron chi connectivity index (χ1n) is 26.0. The standard InChI is InChI=1S/C69H56N2O/c1-6-45-65(53-27-18-32-61-62(53)57-40-44(35-38-60(57)72-61)43-34-37-48-47(41-19-8-7-9-20-41)36-33-42-21-10-11-22-46(42)56(48)39-43)70-67(55-29-17-26-52-50-24-13-15-31-59(50)69(4,5)64(52)55)71-66(45)54-28-16-25-51-49-23-12-14-30-58(49)68(2,3)63(51)54/h7-32,34-35,37-40,47,65H,6,33,36H2,1-5H3,(H,70,71). The zero-order valence-electron chi connectivity index (χ0n) is 41.6. The SMILES string of the molecule is CCC1=C(c2cccc3c2C(C)(C)c2ccccc2-3)NC(c2cccc3c2C(C)(C)c2ccccc2-3)=NC1c1cccc2oc3ccc(-c4ccc5c(c4)-c4ccccc4CCC5c4ccccc4)cc3c12. The summed E-state index contributed by atoms with van der Waals surface area (Å²) in [6.45, 7) is 11.8. The molecule has 1 N–H and O–H groups in total. The van der Waals surface area contributed by atoms with Crippen LogP contribution in [0.15, 0.2) is 209 Å². The van der Waals surface area contributed by atoms with Crippen LogP contribution in [0.25, 0.3) is 72.1 Å². The maximum absolute atomic E-state index is 6.85. The van der Waals surface area contributed by atoms with Gasteiger partial charge >= 0.3 is 0 Å². The Hall–Kier alpha value is -8.01. The number of fused-ring (bicyclic) bond motifs is 12. The molecular weight excluding hydrogens is 873 g/mol. The lowest BCUT2D eigenvalue weighted by atomic mass is 9.77. The molecule has 2 heterocycles. The van der Waals surface area contributed by atoms with Crippen LogP contribution >= 0.6 is 0 Å². The molecule has 3 heteroatoms. The van der Waals surface area contributed by atoms with Crippen LogP contribution in [0.3, 0.4) is 0 Å². The Bertz CT molecular complexity index is 3950. The Morgan fingerprint density at radius 3 is 1.85 bits per heavy atom. The largest absolute Gasteiger partial charge is 0.456 e. The van der Waals surface area contributed by atoms with E-state index < -0.39 is 0 Å². The van der Waals surface area contributed by atoms with Crippen molar-refractivity contribution in [1.82, 2.24) is 5.32 Å². The fourth-order valence-electron chi connectivity index (χ4n) is 13.7. The average Bonchev–Trinajstić information content (AvgIpc) is 3.95. The molecule has 0 radical (unpaired) electrons. The minimum absolute atomic E-state index is 0.213. The molecule has 2 atom stereocenters. The molecule has 9 aromatic carbocycles. The Morgan fingerprint density at radius 1 is 0.514 bits per heavy atom. The first-order valence-corrected chi connectivity index (χ1v) is 26.0. The Labute approximate surface area is 422 Å². The van der Waals surface area contributed by atoms with E-state index in [2.05, 4.69) is 234 Å².